The zero-order chi connectivity index (χ0) is 13.7. The second kappa shape index (κ2) is 12.1. The molecule has 107 valence electrons. The van der Waals surface area contributed by atoms with E-state index < -0.39 is 5.41 Å². The number of hydrogen-bond acceptors (Lipinski definition) is 3. The maximum atomic E-state index is 5.76. The van der Waals surface area contributed by atoms with Crippen LogP contribution >= 0.6 is 0 Å². The van der Waals surface area contributed by atoms with E-state index in [1.807, 2.05) is 0 Å². The van der Waals surface area contributed by atoms with Crippen molar-refractivity contribution in [2.24, 2.45) is 0 Å². The van der Waals surface area contributed by atoms with E-state index in [0.717, 1.165) is 45.1 Å². The fraction of sp³-hybridized carbons (Fsp3) is 1.00. The zero-order valence-corrected chi connectivity index (χ0v) is 13.3. The van der Waals surface area contributed by atoms with Gasteiger partial charge in [-0.3, -0.25) is 0 Å². The van der Waals surface area contributed by atoms with Crippen molar-refractivity contribution in [1.82, 2.24) is 0 Å². The number of unbranched alkanes of at least 4 members (excludes halogenated alkanes) is 3. The Kier molecular flexibility index (Phi) is 12.2. The van der Waals surface area contributed by atoms with Crippen molar-refractivity contribution >= 4 is 10.2 Å². The highest BCUT2D eigenvalue weighted by Crippen LogP contribution is 2.12. The van der Waals surface area contributed by atoms with Crippen molar-refractivity contribution in [2.45, 2.75) is 64.7 Å². The van der Waals surface area contributed by atoms with Crippen LogP contribution in [0.25, 0.3) is 0 Å². The van der Waals surface area contributed by atoms with Gasteiger partial charge in [0.1, 0.15) is 10.2 Å². The van der Waals surface area contributed by atoms with Gasteiger partial charge in [-0.15, -0.1) is 0 Å². The SMILES string of the molecule is CCCCOCC([Si])(OCCCC)OCCCC. The van der Waals surface area contributed by atoms with Gasteiger partial charge in [0.05, 0.1) is 6.61 Å². The molecule has 0 aromatic heterocycles. The molecule has 18 heavy (non-hydrogen) atoms. The summed E-state index contributed by atoms with van der Waals surface area (Å²) in [7, 11) is 3.59. The van der Waals surface area contributed by atoms with Gasteiger partial charge < -0.3 is 14.2 Å². The Morgan fingerprint density at radius 3 is 1.67 bits per heavy atom. The first kappa shape index (κ1) is 18.1. The number of ether oxygens (including phenoxy) is 3. The van der Waals surface area contributed by atoms with E-state index in [4.69, 9.17) is 14.2 Å². The number of rotatable bonds is 13. The van der Waals surface area contributed by atoms with E-state index in [2.05, 4.69) is 31.0 Å². The first-order valence-electron chi connectivity index (χ1n) is 7.29. The molecule has 0 unspecified atom stereocenters. The molecule has 0 atom stereocenters. The van der Waals surface area contributed by atoms with Gasteiger partial charge in [0.15, 0.2) is 5.41 Å². The predicted molar refractivity (Wildman–Crippen MR) is 75.9 cm³/mol. The minimum absolute atomic E-state index is 0.442. The molecule has 0 bridgehead atoms. The molecule has 0 rings (SSSR count). The molecule has 0 aromatic rings. The van der Waals surface area contributed by atoms with Crippen LogP contribution in [0.5, 0.6) is 0 Å². The van der Waals surface area contributed by atoms with E-state index in [1.54, 1.807) is 0 Å². The molecule has 4 heteroatoms. The maximum absolute atomic E-state index is 5.76. The van der Waals surface area contributed by atoms with Gasteiger partial charge in [-0.05, 0) is 19.3 Å². The lowest BCUT2D eigenvalue weighted by Crippen LogP contribution is -2.42. The lowest BCUT2D eigenvalue weighted by molar-refractivity contribution is -0.207. The van der Waals surface area contributed by atoms with Crippen LogP contribution in [0.15, 0.2) is 0 Å². The van der Waals surface area contributed by atoms with Crippen molar-refractivity contribution < 1.29 is 14.2 Å². The third-order valence-corrected chi connectivity index (χ3v) is 3.03. The quantitative estimate of drug-likeness (QED) is 0.293. The van der Waals surface area contributed by atoms with Gasteiger partial charge in [0.2, 0.25) is 0 Å². The third kappa shape index (κ3) is 10.1. The molecule has 0 aliphatic heterocycles. The minimum Gasteiger partial charge on any atom is -0.376 e. The second-order valence-electron chi connectivity index (χ2n) is 4.56. The van der Waals surface area contributed by atoms with E-state index in [1.165, 1.54) is 0 Å². The normalized spacial score (nSPS) is 12.0. The molecule has 0 saturated carbocycles. The molecule has 0 aromatic carbocycles. The van der Waals surface area contributed by atoms with Gasteiger partial charge in [-0.25, -0.2) is 0 Å². The smallest absolute Gasteiger partial charge is 0.166 e. The van der Waals surface area contributed by atoms with Crippen molar-refractivity contribution in [3.8, 4) is 0 Å². The number of hydrogen-bond donors (Lipinski definition) is 0. The van der Waals surface area contributed by atoms with Gasteiger partial charge in [0, 0.05) is 19.8 Å². The van der Waals surface area contributed by atoms with E-state index in [-0.39, 0.29) is 0 Å². The van der Waals surface area contributed by atoms with Crippen LogP contribution in [0, 0.1) is 0 Å². The van der Waals surface area contributed by atoms with Crippen molar-refractivity contribution in [3.05, 3.63) is 0 Å². The van der Waals surface area contributed by atoms with Gasteiger partial charge in [-0.2, -0.15) is 0 Å². The monoisotopic (exact) mass is 273 g/mol. The van der Waals surface area contributed by atoms with E-state index in [9.17, 15) is 0 Å². The fourth-order valence-corrected chi connectivity index (χ4v) is 1.65. The van der Waals surface area contributed by atoms with Crippen LogP contribution in [0.2, 0.25) is 0 Å². The third-order valence-electron chi connectivity index (χ3n) is 2.60. The first-order valence-corrected chi connectivity index (χ1v) is 7.79. The topological polar surface area (TPSA) is 27.7 Å². The Labute approximate surface area is 116 Å². The highest BCUT2D eigenvalue weighted by Gasteiger charge is 2.25. The average molecular weight is 273 g/mol. The largest absolute Gasteiger partial charge is 0.376 e. The second-order valence-corrected chi connectivity index (χ2v) is 5.32. The minimum atomic E-state index is -0.766. The maximum Gasteiger partial charge on any atom is 0.166 e. The summed E-state index contributed by atoms with van der Waals surface area (Å²) in [6, 6.07) is 0. The summed E-state index contributed by atoms with van der Waals surface area (Å²) >= 11 is 0. The van der Waals surface area contributed by atoms with Crippen molar-refractivity contribution in [1.29, 1.82) is 0 Å². The van der Waals surface area contributed by atoms with Crippen LogP contribution in [0.3, 0.4) is 0 Å². The summed E-state index contributed by atoms with van der Waals surface area (Å²) in [5.74, 6) is 0. The molecule has 0 aliphatic rings. The summed E-state index contributed by atoms with van der Waals surface area (Å²) in [6.07, 6.45) is 6.53. The Bertz CT molecular complexity index is 166. The molecular formula is C14H29O3Si. The van der Waals surface area contributed by atoms with Crippen LogP contribution < -0.4 is 0 Å². The standard InChI is InChI=1S/C14H29O3Si/c1-4-7-10-15-13-14(18,16-11-8-5-2)17-12-9-6-3/h4-13H2,1-3H3. The molecule has 0 heterocycles. The summed E-state index contributed by atoms with van der Waals surface area (Å²) in [6.45, 7) is 9.05. The van der Waals surface area contributed by atoms with Gasteiger partial charge in [-0.1, -0.05) is 40.0 Å². The zero-order valence-electron chi connectivity index (χ0n) is 12.3. The molecule has 0 N–H and O–H groups in total. The lowest BCUT2D eigenvalue weighted by atomic mass is 10.3. The molecule has 0 saturated heterocycles. The van der Waals surface area contributed by atoms with E-state index in [0.29, 0.717) is 19.8 Å². The highest BCUT2D eigenvalue weighted by molar-refractivity contribution is 6.13. The molecule has 0 fully saturated rings. The van der Waals surface area contributed by atoms with E-state index >= 15 is 0 Å². The first-order chi connectivity index (χ1) is 8.68. The molecule has 0 aliphatic carbocycles. The molecule has 0 spiro atoms. The van der Waals surface area contributed by atoms with Crippen LogP contribution in [0.1, 0.15) is 59.3 Å². The Morgan fingerprint density at radius 2 is 1.22 bits per heavy atom. The summed E-state index contributed by atoms with van der Waals surface area (Å²) in [5.41, 5.74) is -0.766. The molecule has 3 nitrogen and oxygen atoms in total. The Morgan fingerprint density at radius 1 is 0.778 bits per heavy atom. The van der Waals surface area contributed by atoms with Crippen LogP contribution in [0.4, 0.5) is 0 Å². The highest BCUT2D eigenvalue weighted by atomic mass is 28.1. The summed E-state index contributed by atoms with van der Waals surface area (Å²) in [4.78, 5) is 0. The van der Waals surface area contributed by atoms with Crippen LogP contribution in [-0.4, -0.2) is 42.1 Å². The molecular weight excluding hydrogens is 244 g/mol. The Balaban J connectivity index is 3.95. The van der Waals surface area contributed by atoms with Crippen LogP contribution in [-0.2, 0) is 14.2 Å². The predicted octanol–water partition coefficient (Wildman–Crippen LogP) is 3.26. The summed E-state index contributed by atoms with van der Waals surface area (Å²) in [5, 5.41) is 0. The van der Waals surface area contributed by atoms with Crippen molar-refractivity contribution in [3.63, 3.8) is 0 Å². The average Bonchev–Trinajstić information content (AvgIpc) is 2.36. The Hall–Kier alpha value is 0.0969. The van der Waals surface area contributed by atoms with Gasteiger partial charge >= 0.3 is 0 Å². The van der Waals surface area contributed by atoms with Crippen molar-refractivity contribution in [2.75, 3.05) is 26.4 Å². The van der Waals surface area contributed by atoms with Gasteiger partial charge in [0.25, 0.3) is 0 Å². The lowest BCUT2D eigenvalue weighted by Gasteiger charge is -2.30. The fourth-order valence-electron chi connectivity index (χ4n) is 1.34. The molecule has 3 radical (unpaired) electrons. The molecule has 0 amide bonds. The summed E-state index contributed by atoms with van der Waals surface area (Å²) < 4.78 is 17.1.